The summed E-state index contributed by atoms with van der Waals surface area (Å²) in [6, 6.07) is 3.73. The van der Waals surface area contributed by atoms with Crippen LogP contribution in [0, 0.1) is 3.57 Å². The second-order valence-electron chi connectivity index (χ2n) is 3.85. The zero-order valence-corrected chi connectivity index (χ0v) is 12.1. The Bertz CT molecular complexity index is 615. The molecule has 0 atom stereocenters. The Morgan fingerprint density at radius 3 is 3.00 bits per heavy atom. The minimum Gasteiger partial charge on any atom is -0.454 e. The standard InChI is InChI=1S/C11H9ClIN3O2/c12-7-1-6(2-9-10(7)18-5-17-9)4-16-11(14)8(13)3-15-16/h1-3H,4-5,14H2. The maximum absolute atomic E-state index is 6.12. The van der Waals surface area contributed by atoms with Gasteiger partial charge in [0.1, 0.15) is 5.82 Å². The molecule has 0 aliphatic carbocycles. The lowest BCUT2D eigenvalue weighted by Crippen LogP contribution is -2.06. The molecule has 0 saturated carbocycles. The molecule has 1 aliphatic heterocycles. The zero-order chi connectivity index (χ0) is 12.7. The van der Waals surface area contributed by atoms with Crippen molar-refractivity contribution in [1.29, 1.82) is 0 Å². The van der Waals surface area contributed by atoms with Crippen LogP contribution in [0.3, 0.4) is 0 Å². The third-order valence-corrected chi connectivity index (χ3v) is 3.76. The highest BCUT2D eigenvalue weighted by atomic mass is 127. The van der Waals surface area contributed by atoms with E-state index in [1.807, 2.05) is 12.1 Å². The van der Waals surface area contributed by atoms with E-state index >= 15 is 0 Å². The first-order valence-electron chi connectivity index (χ1n) is 5.20. The summed E-state index contributed by atoms with van der Waals surface area (Å²) in [5, 5.41) is 4.74. The SMILES string of the molecule is Nc1c(I)cnn1Cc1cc(Cl)c2c(c1)OCO2. The van der Waals surface area contributed by atoms with Crippen molar-refractivity contribution in [3.8, 4) is 11.5 Å². The predicted molar refractivity (Wildman–Crippen MR) is 76.0 cm³/mol. The van der Waals surface area contributed by atoms with Crippen LogP contribution in [-0.2, 0) is 6.54 Å². The highest BCUT2D eigenvalue weighted by Crippen LogP contribution is 2.40. The van der Waals surface area contributed by atoms with Crippen molar-refractivity contribution in [2.75, 3.05) is 12.5 Å². The van der Waals surface area contributed by atoms with Crippen molar-refractivity contribution < 1.29 is 9.47 Å². The molecular formula is C11H9ClIN3O2. The fraction of sp³-hybridized carbons (Fsp3) is 0.182. The van der Waals surface area contributed by atoms with E-state index in [1.165, 1.54) is 0 Å². The van der Waals surface area contributed by atoms with Crippen molar-refractivity contribution in [3.05, 3.63) is 32.5 Å². The lowest BCUT2D eigenvalue weighted by molar-refractivity contribution is 0.174. The molecule has 0 fully saturated rings. The van der Waals surface area contributed by atoms with Gasteiger partial charge in [0.15, 0.2) is 11.5 Å². The first-order chi connectivity index (χ1) is 8.65. The molecule has 2 N–H and O–H groups in total. The number of nitrogens with zero attached hydrogens (tertiary/aromatic N) is 2. The second-order valence-corrected chi connectivity index (χ2v) is 5.42. The van der Waals surface area contributed by atoms with Crippen molar-refractivity contribution >= 4 is 40.0 Å². The molecule has 2 heterocycles. The second kappa shape index (κ2) is 4.51. The van der Waals surface area contributed by atoms with Crippen LogP contribution in [0.2, 0.25) is 5.02 Å². The van der Waals surface area contributed by atoms with Crippen molar-refractivity contribution in [3.63, 3.8) is 0 Å². The number of aromatic nitrogens is 2. The number of hydrogen-bond donors (Lipinski definition) is 1. The molecule has 5 nitrogen and oxygen atoms in total. The Kier molecular flexibility index (Phi) is 2.98. The van der Waals surface area contributed by atoms with Gasteiger partial charge in [0.2, 0.25) is 6.79 Å². The number of nitrogens with two attached hydrogens (primary N) is 1. The number of benzene rings is 1. The number of fused-ring (bicyclic) bond motifs is 1. The number of rotatable bonds is 2. The van der Waals surface area contributed by atoms with Gasteiger partial charge in [-0.2, -0.15) is 5.10 Å². The van der Waals surface area contributed by atoms with Crippen LogP contribution in [0.5, 0.6) is 11.5 Å². The van der Waals surface area contributed by atoms with Crippen LogP contribution in [-0.4, -0.2) is 16.6 Å². The van der Waals surface area contributed by atoms with E-state index in [0.29, 0.717) is 28.9 Å². The van der Waals surface area contributed by atoms with Gasteiger partial charge in [-0.05, 0) is 40.3 Å². The molecule has 0 radical (unpaired) electrons. The van der Waals surface area contributed by atoms with Gasteiger partial charge in [0.05, 0.1) is 21.3 Å². The molecule has 0 saturated heterocycles. The molecule has 1 aromatic heterocycles. The molecular weight excluding hydrogens is 368 g/mol. The molecule has 1 aromatic carbocycles. The highest BCUT2D eigenvalue weighted by Gasteiger charge is 2.18. The van der Waals surface area contributed by atoms with Gasteiger partial charge in [0, 0.05) is 0 Å². The van der Waals surface area contributed by atoms with E-state index in [1.54, 1.807) is 10.9 Å². The molecule has 3 rings (SSSR count). The molecule has 0 spiro atoms. The molecule has 0 bridgehead atoms. The smallest absolute Gasteiger partial charge is 0.231 e. The summed E-state index contributed by atoms with van der Waals surface area (Å²) in [5.41, 5.74) is 6.87. The summed E-state index contributed by atoms with van der Waals surface area (Å²) < 4.78 is 13.2. The first-order valence-corrected chi connectivity index (χ1v) is 6.65. The Balaban J connectivity index is 1.94. The van der Waals surface area contributed by atoms with E-state index in [9.17, 15) is 0 Å². The first kappa shape index (κ1) is 11.9. The summed E-state index contributed by atoms with van der Waals surface area (Å²) >= 11 is 8.26. The fourth-order valence-electron chi connectivity index (χ4n) is 1.78. The Hall–Kier alpha value is -1.15. The van der Waals surface area contributed by atoms with Crippen LogP contribution >= 0.6 is 34.2 Å². The fourth-order valence-corrected chi connectivity index (χ4v) is 2.47. The minimum atomic E-state index is 0.209. The summed E-state index contributed by atoms with van der Waals surface area (Å²) in [6.45, 7) is 0.755. The summed E-state index contributed by atoms with van der Waals surface area (Å²) in [5.74, 6) is 1.91. The Morgan fingerprint density at radius 1 is 1.44 bits per heavy atom. The Morgan fingerprint density at radius 2 is 2.28 bits per heavy atom. The molecule has 1 aliphatic rings. The quantitative estimate of drug-likeness (QED) is 0.817. The summed E-state index contributed by atoms with van der Waals surface area (Å²) in [6.07, 6.45) is 1.73. The van der Waals surface area contributed by atoms with Crippen LogP contribution in [0.25, 0.3) is 0 Å². The average Bonchev–Trinajstić information content (AvgIpc) is 2.91. The lowest BCUT2D eigenvalue weighted by atomic mass is 10.2. The molecule has 94 valence electrons. The van der Waals surface area contributed by atoms with Crippen LogP contribution < -0.4 is 15.2 Å². The predicted octanol–water partition coefficient (Wildman–Crippen LogP) is 2.50. The molecule has 0 unspecified atom stereocenters. The van der Waals surface area contributed by atoms with Gasteiger partial charge in [-0.3, -0.25) is 0 Å². The van der Waals surface area contributed by atoms with Crippen molar-refractivity contribution in [2.24, 2.45) is 0 Å². The van der Waals surface area contributed by atoms with Crippen LogP contribution in [0.4, 0.5) is 5.82 Å². The van der Waals surface area contributed by atoms with Gasteiger partial charge in [-0.15, -0.1) is 0 Å². The third-order valence-electron chi connectivity index (χ3n) is 2.65. The number of anilines is 1. The third kappa shape index (κ3) is 1.99. The maximum Gasteiger partial charge on any atom is 0.231 e. The Labute approximate surface area is 122 Å². The van der Waals surface area contributed by atoms with Gasteiger partial charge >= 0.3 is 0 Å². The van der Waals surface area contributed by atoms with E-state index in [2.05, 4.69) is 27.7 Å². The zero-order valence-electron chi connectivity index (χ0n) is 9.19. The number of ether oxygens (including phenoxy) is 2. The summed E-state index contributed by atoms with van der Waals surface area (Å²) in [7, 11) is 0. The van der Waals surface area contributed by atoms with E-state index < -0.39 is 0 Å². The maximum atomic E-state index is 6.12. The van der Waals surface area contributed by atoms with E-state index in [0.717, 1.165) is 9.13 Å². The summed E-state index contributed by atoms with van der Waals surface area (Å²) in [4.78, 5) is 0. The number of nitrogen functional groups attached to an aromatic ring is 1. The highest BCUT2D eigenvalue weighted by molar-refractivity contribution is 14.1. The van der Waals surface area contributed by atoms with E-state index in [4.69, 9.17) is 26.8 Å². The van der Waals surface area contributed by atoms with Crippen LogP contribution in [0.1, 0.15) is 5.56 Å². The van der Waals surface area contributed by atoms with E-state index in [-0.39, 0.29) is 6.79 Å². The average molecular weight is 378 g/mol. The molecule has 7 heteroatoms. The topological polar surface area (TPSA) is 62.3 Å². The van der Waals surface area contributed by atoms with Gasteiger partial charge in [-0.1, -0.05) is 11.6 Å². The monoisotopic (exact) mass is 377 g/mol. The largest absolute Gasteiger partial charge is 0.454 e. The van der Waals surface area contributed by atoms with Gasteiger partial charge in [0.25, 0.3) is 0 Å². The molecule has 18 heavy (non-hydrogen) atoms. The lowest BCUT2D eigenvalue weighted by Gasteiger charge is -2.07. The van der Waals surface area contributed by atoms with Gasteiger partial charge in [-0.25, -0.2) is 4.68 Å². The minimum absolute atomic E-state index is 0.209. The number of halogens is 2. The van der Waals surface area contributed by atoms with Crippen molar-refractivity contribution in [1.82, 2.24) is 9.78 Å². The molecule has 2 aromatic rings. The van der Waals surface area contributed by atoms with Gasteiger partial charge < -0.3 is 15.2 Å². The normalized spacial score (nSPS) is 13.0. The van der Waals surface area contributed by atoms with Crippen molar-refractivity contribution in [2.45, 2.75) is 6.54 Å². The number of hydrogen-bond acceptors (Lipinski definition) is 4. The molecule has 0 amide bonds. The van der Waals surface area contributed by atoms with Crippen LogP contribution in [0.15, 0.2) is 18.3 Å².